The number of carbonyl (C=O) groups excluding carboxylic acids is 1. The van der Waals surface area contributed by atoms with E-state index in [2.05, 4.69) is 16.5 Å². The van der Waals surface area contributed by atoms with Crippen LogP contribution in [-0.2, 0) is 0 Å². The summed E-state index contributed by atoms with van der Waals surface area (Å²) in [5, 5.41) is 11.8. The summed E-state index contributed by atoms with van der Waals surface area (Å²) in [5.74, 6) is 0.991. The Hall–Kier alpha value is -2.29. The zero-order valence-electron chi connectivity index (χ0n) is 11.4. The molecule has 2 saturated heterocycles. The van der Waals surface area contributed by atoms with Crippen LogP contribution in [0.2, 0.25) is 0 Å². The first-order valence-corrected chi connectivity index (χ1v) is 6.82. The lowest BCUT2D eigenvalue weighted by atomic mass is 10.1. The van der Waals surface area contributed by atoms with Gasteiger partial charge in [0.2, 0.25) is 0 Å². The van der Waals surface area contributed by atoms with Crippen LogP contribution in [0.3, 0.4) is 0 Å². The van der Waals surface area contributed by atoms with E-state index in [-0.39, 0.29) is 12.1 Å². The second kappa shape index (κ2) is 5.00. The van der Waals surface area contributed by atoms with Crippen LogP contribution in [0.15, 0.2) is 18.3 Å². The van der Waals surface area contributed by atoms with E-state index in [4.69, 9.17) is 5.26 Å². The molecule has 0 spiro atoms. The third kappa shape index (κ3) is 2.27. The van der Waals surface area contributed by atoms with Gasteiger partial charge in [0.25, 0.3) is 0 Å². The van der Waals surface area contributed by atoms with Crippen LogP contribution in [0, 0.1) is 24.3 Å². The maximum absolute atomic E-state index is 12.3. The van der Waals surface area contributed by atoms with E-state index in [1.807, 2.05) is 17.9 Å². The summed E-state index contributed by atoms with van der Waals surface area (Å²) in [6.07, 6.45) is 4.87. The highest BCUT2D eigenvalue weighted by molar-refractivity contribution is 5.88. The minimum atomic E-state index is -0.117. The van der Waals surface area contributed by atoms with E-state index >= 15 is 0 Å². The summed E-state index contributed by atoms with van der Waals surface area (Å²) in [7, 11) is 0. The van der Waals surface area contributed by atoms with Gasteiger partial charge in [-0.05, 0) is 25.0 Å². The van der Waals surface area contributed by atoms with Gasteiger partial charge in [-0.1, -0.05) is 6.07 Å². The molecule has 0 saturated carbocycles. The van der Waals surface area contributed by atoms with Gasteiger partial charge in [0, 0.05) is 31.7 Å². The molecule has 3 rings (SSSR count). The molecule has 0 bridgehead atoms. The lowest BCUT2D eigenvalue weighted by Gasteiger charge is -2.23. The Morgan fingerprint density at radius 1 is 1.50 bits per heavy atom. The molecular weight excluding hydrogens is 254 g/mol. The highest BCUT2D eigenvalue weighted by atomic mass is 16.2. The van der Waals surface area contributed by atoms with Crippen molar-refractivity contribution in [3.05, 3.63) is 23.9 Å². The molecule has 0 unspecified atom stereocenters. The lowest BCUT2D eigenvalue weighted by molar-refractivity contribution is 0.203. The number of amides is 2. The van der Waals surface area contributed by atoms with E-state index in [0.29, 0.717) is 18.3 Å². The van der Waals surface area contributed by atoms with Crippen LogP contribution in [0.4, 0.5) is 10.6 Å². The fraction of sp³-hybridized carbons (Fsp3) is 0.500. The van der Waals surface area contributed by atoms with E-state index in [0.717, 1.165) is 25.1 Å². The summed E-state index contributed by atoms with van der Waals surface area (Å²) in [5.41, 5.74) is 1.06. The predicted molar refractivity (Wildman–Crippen MR) is 73.8 cm³/mol. The number of pyridine rings is 1. The predicted octanol–water partition coefficient (Wildman–Crippen LogP) is 1.41. The quantitative estimate of drug-likeness (QED) is 0.784. The molecule has 0 aliphatic carbocycles. The number of urea groups is 1. The minimum absolute atomic E-state index is 0.117. The Morgan fingerprint density at radius 2 is 2.35 bits per heavy atom. The fourth-order valence-corrected chi connectivity index (χ4v) is 3.02. The van der Waals surface area contributed by atoms with Crippen molar-refractivity contribution in [2.24, 2.45) is 5.92 Å². The van der Waals surface area contributed by atoms with Gasteiger partial charge in [-0.25, -0.2) is 9.78 Å². The van der Waals surface area contributed by atoms with E-state index in [1.165, 1.54) is 0 Å². The van der Waals surface area contributed by atoms with Crippen molar-refractivity contribution in [1.29, 1.82) is 5.26 Å². The summed E-state index contributed by atoms with van der Waals surface area (Å²) in [6.45, 7) is 4.13. The normalized spacial score (nSPS) is 24.4. The molecule has 2 amide bonds. The monoisotopic (exact) mass is 271 g/mol. The molecular formula is C14H17N5O. The van der Waals surface area contributed by atoms with Crippen molar-refractivity contribution >= 4 is 11.8 Å². The molecule has 1 N–H and O–H groups in total. The number of fused-ring (bicyclic) bond motifs is 1. The Morgan fingerprint density at radius 3 is 3.05 bits per heavy atom. The Kier molecular flexibility index (Phi) is 3.18. The van der Waals surface area contributed by atoms with Crippen LogP contribution in [0.1, 0.15) is 12.0 Å². The molecule has 6 heteroatoms. The number of hydrogen-bond acceptors (Lipinski definition) is 4. The van der Waals surface area contributed by atoms with Gasteiger partial charge in [0.15, 0.2) is 6.19 Å². The molecule has 104 valence electrons. The van der Waals surface area contributed by atoms with Gasteiger partial charge in [0.05, 0.1) is 6.04 Å². The van der Waals surface area contributed by atoms with Crippen molar-refractivity contribution in [2.45, 2.75) is 19.4 Å². The van der Waals surface area contributed by atoms with Crippen molar-refractivity contribution < 1.29 is 4.79 Å². The number of carbonyl (C=O) groups is 1. The zero-order chi connectivity index (χ0) is 14.1. The molecule has 1 aromatic heterocycles. The average Bonchev–Trinajstić information content (AvgIpc) is 3.00. The second-order valence-corrected chi connectivity index (χ2v) is 5.47. The summed E-state index contributed by atoms with van der Waals surface area (Å²) in [4.78, 5) is 20.1. The van der Waals surface area contributed by atoms with Gasteiger partial charge in [-0.2, -0.15) is 5.26 Å². The topological polar surface area (TPSA) is 72.3 Å². The van der Waals surface area contributed by atoms with Gasteiger partial charge in [-0.15, -0.1) is 0 Å². The first-order valence-electron chi connectivity index (χ1n) is 6.82. The maximum atomic E-state index is 12.3. The number of nitriles is 1. The zero-order valence-corrected chi connectivity index (χ0v) is 11.4. The summed E-state index contributed by atoms with van der Waals surface area (Å²) in [6, 6.07) is 3.76. The molecule has 2 fully saturated rings. The van der Waals surface area contributed by atoms with Gasteiger partial charge >= 0.3 is 6.03 Å². The van der Waals surface area contributed by atoms with Crippen LogP contribution in [0.25, 0.3) is 0 Å². The van der Waals surface area contributed by atoms with Gasteiger partial charge < -0.3 is 9.80 Å². The van der Waals surface area contributed by atoms with Crippen molar-refractivity contribution in [1.82, 2.24) is 14.8 Å². The number of hydrogen-bond donors (Lipinski definition) is 1. The first-order chi connectivity index (χ1) is 9.67. The Bertz CT molecular complexity index is 550. The third-order valence-electron chi connectivity index (χ3n) is 4.10. The molecule has 6 nitrogen and oxygen atoms in total. The molecule has 1 aromatic rings. The van der Waals surface area contributed by atoms with Crippen LogP contribution in [-0.4, -0.2) is 46.5 Å². The number of rotatable bonds is 1. The molecule has 0 radical (unpaired) electrons. The molecule has 3 heterocycles. The van der Waals surface area contributed by atoms with Crippen molar-refractivity contribution in [2.75, 3.05) is 25.0 Å². The molecule has 2 aliphatic heterocycles. The van der Waals surface area contributed by atoms with Crippen LogP contribution >= 0.6 is 0 Å². The number of anilines is 1. The number of nitrogens with one attached hydrogen (secondary N) is 1. The second-order valence-electron chi connectivity index (χ2n) is 5.47. The van der Waals surface area contributed by atoms with Crippen LogP contribution < -0.4 is 5.32 Å². The molecule has 0 aromatic carbocycles. The summed E-state index contributed by atoms with van der Waals surface area (Å²) >= 11 is 0. The number of nitrogens with zero attached hydrogens (tertiary/aromatic N) is 4. The number of aryl methyl sites for hydroxylation is 1. The smallest absolute Gasteiger partial charge is 0.319 e. The molecule has 2 aliphatic rings. The number of aromatic nitrogens is 1. The van der Waals surface area contributed by atoms with Crippen molar-refractivity contribution in [3.63, 3.8) is 0 Å². The Labute approximate surface area is 118 Å². The van der Waals surface area contributed by atoms with Gasteiger partial charge in [-0.3, -0.25) is 5.32 Å². The first kappa shape index (κ1) is 12.7. The van der Waals surface area contributed by atoms with Crippen LogP contribution in [0.5, 0.6) is 0 Å². The SMILES string of the molecule is Cc1ccc(NC(=O)N2CC[C@@H]3CN(C#N)C[C@@H]32)nc1. The number of likely N-dealkylation sites (tertiary alicyclic amines) is 2. The van der Waals surface area contributed by atoms with Gasteiger partial charge in [0.1, 0.15) is 5.82 Å². The lowest BCUT2D eigenvalue weighted by Crippen LogP contribution is -2.41. The Balaban J connectivity index is 1.66. The summed E-state index contributed by atoms with van der Waals surface area (Å²) < 4.78 is 0. The highest BCUT2D eigenvalue weighted by Gasteiger charge is 2.43. The minimum Gasteiger partial charge on any atom is -0.319 e. The molecule has 2 atom stereocenters. The average molecular weight is 271 g/mol. The maximum Gasteiger partial charge on any atom is 0.323 e. The standard InChI is InChI=1S/C14H17N5O/c1-10-2-3-13(16-6-10)17-14(20)19-5-4-11-7-18(9-15)8-12(11)19/h2-3,6,11-12H,4-5,7-8H2,1H3,(H,16,17,20)/t11-,12+/m1/s1. The van der Waals surface area contributed by atoms with E-state index < -0.39 is 0 Å². The van der Waals surface area contributed by atoms with E-state index in [9.17, 15) is 4.79 Å². The van der Waals surface area contributed by atoms with Crippen molar-refractivity contribution in [3.8, 4) is 6.19 Å². The molecule has 20 heavy (non-hydrogen) atoms. The highest BCUT2D eigenvalue weighted by Crippen LogP contribution is 2.31. The largest absolute Gasteiger partial charge is 0.323 e. The third-order valence-corrected chi connectivity index (χ3v) is 4.10. The van der Waals surface area contributed by atoms with E-state index in [1.54, 1.807) is 17.2 Å². The fourth-order valence-electron chi connectivity index (χ4n) is 3.02.